The number of nitrogens with one attached hydrogen (secondary N) is 2. The number of H-pyrrole nitrogens is 1. The minimum Gasteiger partial charge on any atom is -0.496 e. The Kier molecular flexibility index (Phi) is 3.61. The number of aromatic nitrogens is 2. The Balaban J connectivity index is 1.82. The fourth-order valence-electron chi connectivity index (χ4n) is 3.19. The molecule has 0 spiro atoms. The molecule has 2 aromatic heterocycles. The van der Waals surface area contributed by atoms with Gasteiger partial charge in [-0.2, -0.15) is 0 Å². The van der Waals surface area contributed by atoms with E-state index in [0.29, 0.717) is 17.0 Å². The SMILES string of the molecule is COc1cccc2[nH]c(C)c(C(=O)Nc3cccc4cccnc34)c12. The van der Waals surface area contributed by atoms with Crippen molar-refractivity contribution < 1.29 is 9.53 Å². The predicted octanol–water partition coefficient (Wildman–Crippen LogP) is 4.29. The van der Waals surface area contributed by atoms with Crippen LogP contribution in [0.2, 0.25) is 0 Å². The third-order valence-corrected chi connectivity index (χ3v) is 4.30. The number of amides is 1. The Morgan fingerprint density at radius 1 is 1.12 bits per heavy atom. The van der Waals surface area contributed by atoms with Gasteiger partial charge in [-0.25, -0.2) is 0 Å². The summed E-state index contributed by atoms with van der Waals surface area (Å²) in [5, 5.41) is 4.76. The molecule has 2 N–H and O–H groups in total. The maximum atomic E-state index is 13.0. The predicted molar refractivity (Wildman–Crippen MR) is 99.3 cm³/mol. The van der Waals surface area contributed by atoms with Gasteiger partial charge in [-0.3, -0.25) is 9.78 Å². The number of carbonyl (C=O) groups excluding carboxylic acids is 1. The van der Waals surface area contributed by atoms with Gasteiger partial charge in [-0.15, -0.1) is 0 Å². The number of benzene rings is 2. The Morgan fingerprint density at radius 2 is 1.92 bits per heavy atom. The van der Waals surface area contributed by atoms with Gasteiger partial charge in [0.2, 0.25) is 0 Å². The highest BCUT2D eigenvalue weighted by Gasteiger charge is 2.20. The van der Waals surface area contributed by atoms with E-state index in [4.69, 9.17) is 4.74 Å². The average Bonchev–Trinajstić information content (AvgIpc) is 2.98. The second-order valence-corrected chi connectivity index (χ2v) is 5.84. The van der Waals surface area contributed by atoms with Gasteiger partial charge in [0.15, 0.2) is 0 Å². The van der Waals surface area contributed by atoms with E-state index in [0.717, 1.165) is 27.5 Å². The highest BCUT2D eigenvalue weighted by Crippen LogP contribution is 2.32. The molecule has 5 nitrogen and oxygen atoms in total. The van der Waals surface area contributed by atoms with Gasteiger partial charge in [0, 0.05) is 17.3 Å². The highest BCUT2D eigenvalue weighted by molar-refractivity contribution is 6.17. The molecule has 0 atom stereocenters. The first-order chi connectivity index (χ1) is 12.2. The van der Waals surface area contributed by atoms with Crippen molar-refractivity contribution in [2.75, 3.05) is 12.4 Å². The largest absolute Gasteiger partial charge is 0.496 e. The maximum absolute atomic E-state index is 13.0. The molecule has 124 valence electrons. The van der Waals surface area contributed by atoms with Crippen molar-refractivity contribution in [1.82, 2.24) is 9.97 Å². The first-order valence-electron chi connectivity index (χ1n) is 7.99. The van der Waals surface area contributed by atoms with E-state index in [1.807, 2.05) is 55.5 Å². The molecule has 0 bridgehead atoms. The molecular weight excluding hydrogens is 314 g/mol. The molecule has 0 radical (unpaired) electrons. The highest BCUT2D eigenvalue weighted by atomic mass is 16.5. The summed E-state index contributed by atoms with van der Waals surface area (Å²) in [6.45, 7) is 1.88. The zero-order valence-electron chi connectivity index (χ0n) is 14.0. The summed E-state index contributed by atoms with van der Waals surface area (Å²) in [5.41, 5.74) is 3.71. The van der Waals surface area contributed by atoms with E-state index >= 15 is 0 Å². The molecule has 25 heavy (non-hydrogen) atoms. The zero-order valence-corrected chi connectivity index (χ0v) is 14.0. The van der Waals surface area contributed by atoms with Gasteiger partial charge in [-0.05, 0) is 31.2 Å². The lowest BCUT2D eigenvalue weighted by molar-refractivity contribution is 0.102. The van der Waals surface area contributed by atoms with E-state index in [1.165, 1.54) is 0 Å². The van der Waals surface area contributed by atoms with Crippen LogP contribution in [-0.4, -0.2) is 23.0 Å². The summed E-state index contributed by atoms with van der Waals surface area (Å²) in [6.07, 6.45) is 1.72. The third kappa shape index (κ3) is 2.50. The second-order valence-electron chi connectivity index (χ2n) is 5.84. The summed E-state index contributed by atoms with van der Waals surface area (Å²) in [5.74, 6) is 0.481. The zero-order chi connectivity index (χ0) is 17.4. The lowest BCUT2D eigenvalue weighted by atomic mass is 10.1. The maximum Gasteiger partial charge on any atom is 0.258 e. The Hall–Kier alpha value is -3.34. The van der Waals surface area contributed by atoms with Crippen LogP contribution < -0.4 is 10.1 Å². The number of fused-ring (bicyclic) bond motifs is 2. The minimum atomic E-state index is -0.189. The van der Waals surface area contributed by atoms with Crippen LogP contribution in [0.5, 0.6) is 5.75 Å². The number of carbonyl (C=O) groups is 1. The Labute approximate surface area is 144 Å². The van der Waals surface area contributed by atoms with Crippen LogP contribution in [0, 0.1) is 6.92 Å². The molecule has 2 heterocycles. The number of hydrogen-bond donors (Lipinski definition) is 2. The van der Waals surface area contributed by atoms with E-state index in [2.05, 4.69) is 15.3 Å². The lowest BCUT2D eigenvalue weighted by Crippen LogP contribution is -2.13. The molecule has 0 aliphatic carbocycles. The standard InChI is InChI=1S/C20H17N3O2/c1-12-17(18-14(22-12)8-4-10-16(18)25-2)20(24)23-15-9-3-6-13-7-5-11-21-19(13)15/h3-11,22H,1-2H3,(H,23,24). The molecule has 4 rings (SSSR count). The molecule has 4 aromatic rings. The van der Waals surface area contributed by atoms with Crippen molar-refractivity contribution in [2.24, 2.45) is 0 Å². The summed E-state index contributed by atoms with van der Waals surface area (Å²) >= 11 is 0. The van der Waals surface area contributed by atoms with Crippen LogP contribution in [0.15, 0.2) is 54.7 Å². The number of anilines is 1. The first-order valence-corrected chi connectivity index (χ1v) is 7.99. The molecule has 5 heteroatoms. The van der Waals surface area contributed by atoms with Crippen molar-refractivity contribution in [3.05, 3.63) is 66.0 Å². The first kappa shape index (κ1) is 15.2. The van der Waals surface area contributed by atoms with Gasteiger partial charge in [0.25, 0.3) is 5.91 Å². The van der Waals surface area contributed by atoms with Crippen LogP contribution >= 0.6 is 0 Å². The van der Waals surface area contributed by atoms with Gasteiger partial charge < -0.3 is 15.0 Å². The van der Waals surface area contributed by atoms with Crippen LogP contribution in [0.25, 0.3) is 21.8 Å². The Morgan fingerprint density at radius 3 is 2.76 bits per heavy atom. The normalized spacial score (nSPS) is 11.0. The van der Waals surface area contributed by atoms with Gasteiger partial charge in [0.1, 0.15) is 5.75 Å². The van der Waals surface area contributed by atoms with Crippen molar-refractivity contribution in [3.8, 4) is 5.75 Å². The number of aryl methyl sites for hydroxylation is 1. The summed E-state index contributed by atoms with van der Waals surface area (Å²) < 4.78 is 5.44. The third-order valence-electron chi connectivity index (χ3n) is 4.30. The van der Waals surface area contributed by atoms with Crippen LogP contribution in [0.1, 0.15) is 16.1 Å². The van der Waals surface area contributed by atoms with Gasteiger partial charge >= 0.3 is 0 Å². The number of aromatic amines is 1. The second kappa shape index (κ2) is 5.94. The van der Waals surface area contributed by atoms with Crippen molar-refractivity contribution in [3.63, 3.8) is 0 Å². The van der Waals surface area contributed by atoms with Crippen molar-refractivity contribution in [2.45, 2.75) is 6.92 Å². The number of rotatable bonds is 3. The molecule has 0 aliphatic rings. The number of ether oxygens (including phenoxy) is 1. The number of nitrogens with zero attached hydrogens (tertiary/aromatic N) is 1. The molecule has 0 saturated carbocycles. The molecular formula is C20H17N3O2. The van der Waals surface area contributed by atoms with Gasteiger partial charge in [-0.1, -0.05) is 24.3 Å². The van der Waals surface area contributed by atoms with Crippen LogP contribution in [0.4, 0.5) is 5.69 Å². The monoisotopic (exact) mass is 331 g/mol. The quantitative estimate of drug-likeness (QED) is 0.588. The van der Waals surface area contributed by atoms with Crippen molar-refractivity contribution >= 4 is 33.4 Å². The fraction of sp³-hybridized carbons (Fsp3) is 0.100. The molecule has 0 aliphatic heterocycles. The smallest absolute Gasteiger partial charge is 0.258 e. The number of para-hydroxylation sites is 1. The topological polar surface area (TPSA) is 67.0 Å². The molecule has 0 unspecified atom stereocenters. The van der Waals surface area contributed by atoms with E-state index in [9.17, 15) is 4.79 Å². The van der Waals surface area contributed by atoms with Crippen molar-refractivity contribution in [1.29, 1.82) is 0 Å². The average molecular weight is 331 g/mol. The number of pyridine rings is 1. The molecule has 0 saturated heterocycles. The summed E-state index contributed by atoms with van der Waals surface area (Å²) in [6, 6.07) is 15.3. The summed E-state index contributed by atoms with van der Waals surface area (Å²) in [4.78, 5) is 20.6. The van der Waals surface area contributed by atoms with Crippen LogP contribution in [0.3, 0.4) is 0 Å². The van der Waals surface area contributed by atoms with E-state index in [1.54, 1.807) is 13.3 Å². The minimum absolute atomic E-state index is 0.189. The molecule has 0 fully saturated rings. The molecule has 1 amide bonds. The number of hydrogen-bond acceptors (Lipinski definition) is 3. The lowest BCUT2D eigenvalue weighted by Gasteiger charge is -2.09. The Bertz CT molecular complexity index is 1090. The number of methoxy groups -OCH3 is 1. The van der Waals surface area contributed by atoms with E-state index < -0.39 is 0 Å². The fourth-order valence-corrected chi connectivity index (χ4v) is 3.19. The van der Waals surface area contributed by atoms with Crippen LogP contribution in [-0.2, 0) is 0 Å². The van der Waals surface area contributed by atoms with Gasteiger partial charge in [0.05, 0.1) is 34.8 Å². The summed E-state index contributed by atoms with van der Waals surface area (Å²) in [7, 11) is 1.60. The van der Waals surface area contributed by atoms with E-state index in [-0.39, 0.29) is 5.91 Å². The molecule has 2 aromatic carbocycles.